The van der Waals surface area contributed by atoms with Crippen molar-refractivity contribution in [3.8, 4) is 5.75 Å². The molecule has 1 aliphatic rings. The van der Waals surface area contributed by atoms with Gasteiger partial charge in [0.2, 0.25) is 65.0 Å². The maximum Gasteiger partial charge on any atom is 0.326 e. The molecule has 18 N–H and O–H groups in total. The topological polar surface area (TPSA) is 487 Å². The van der Waals surface area contributed by atoms with Crippen LogP contribution >= 0.6 is 0 Å². The molecule has 2 aromatic rings. The van der Waals surface area contributed by atoms with Gasteiger partial charge in [0.1, 0.15) is 60.1 Å². The molecule has 2 aromatic carbocycles. The van der Waals surface area contributed by atoms with E-state index < -0.39 is 188 Å². The van der Waals surface area contributed by atoms with E-state index >= 15 is 0 Å². The fourth-order valence-corrected chi connectivity index (χ4v) is 8.42. The number of hydrogen-bond acceptors (Lipinski definition) is 17. The molecule has 1 saturated heterocycles. The number of phenols is 1. The number of rotatable bonds is 33. The van der Waals surface area contributed by atoms with Crippen LogP contribution in [0.3, 0.4) is 0 Å². The molecule has 3 rings (SSSR count). The van der Waals surface area contributed by atoms with Crippen molar-refractivity contribution in [3.63, 3.8) is 0 Å². The summed E-state index contributed by atoms with van der Waals surface area (Å²) >= 11 is 0. The van der Waals surface area contributed by atoms with Gasteiger partial charge in [-0.25, -0.2) is 4.79 Å². The molecule has 1 aliphatic heterocycles. The van der Waals surface area contributed by atoms with E-state index in [2.05, 4.69) is 47.9 Å². The summed E-state index contributed by atoms with van der Waals surface area (Å²) in [7, 11) is 0. The van der Waals surface area contributed by atoms with Crippen molar-refractivity contribution in [1.82, 2.24) is 52.8 Å². The molecule has 30 heteroatoms. The predicted octanol–water partition coefficient (Wildman–Crippen LogP) is -5.37. The third-order valence-corrected chi connectivity index (χ3v) is 13.1. The van der Waals surface area contributed by atoms with Gasteiger partial charge < -0.3 is 89.8 Å². The Morgan fingerprint density at radius 1 is 0.590 bits per heavy atom. The Morgan fingerprint density at radius 2 is 1.12 bits per heavy atom. The number of carboxylic acids is 2. The number of benzene rings is 2. The van der Waals surface area contributed by atoms with E-state index in [0.717, 1.165) is 0 Å². The average Bonchev–Trinajstić information content (AvgIpc) is 4.13. The Hall–Kier alpha value is -8.77. The van der Waals surface area contributed by atoms with Gasteiger partial charge in [-0.3, -0.25) is 57.5 Å². The third kappa shape index (κ3) is 22.2. The van der Waals surface area contributed by atoms with E-state index in [0.29, 0.717) is 17.5 Å². The third-order valence-electron chi connectivity index (χ3n) is 13.1. The van der Waals surface area contributed by atoms with Crippen LogP contribution in [0.15, 0.2) is 54.6 Å². The fourth-order valence-electron chi connectivity index (χ4n) is 8.42. The van der Waals surface area contributed by atoms with Gasteiger partial charge in [0, 0.05) is 19.4 Å². The number of primary amides is 1. The molecule has 0 aliphatic carbocycles. The van der Waals surface area contributed by atoms with Crippen LogP contribution in [-0.4, -0.2) is 194 Å². The number of nitrogens with one attached hydrogen (secondary N) is 9. The Morgan fingerprint density at radius 3 is 1.67 bits per heavy atom. The van der Waals surface area contributed by atoms with Gasteiger partial charge in [0.05, 0.1) is 32.2 Å². The van der Waals surface area contributed by atoms with Crippen LogP contribution in [0.2, 0.25) is 0 Å². The number of aliphatic hydroxyl groups excluding tert-OH is 2. The minimum Gasteiger partial charge on any atom is -0.508 e. The molecule has 0 unspecified atom stereocenters. The second-order valence-corrected chi connectivity index (χ2v) is 20.4. The molecule has 30 nitrogen and oxygen atoms in total. The SMILES string of the molecule is CC(C)[C@H](NC(=O)[C@H](CC(N)=O)NC(=O)[C@H](CO)NC(=O)[C@@H]1CCCN1C(=O)[C@@H](NC(=O)[C@@H](N)Cc1ccc(O)cc1)C(C)C)C(=O)NCC(=O)N[C@@H](CO)C(=O)N[C@@H](CCC(=O)O)C(=O)N[C@@H](C)C(=O)N[C@@H](Cc1ccccc1)C(=O)O. The zero-order chi connectivity index (χ0) is 62.2. The van der Waals surface area contributed by atoms with Gasteiger partial charge in [0.15, 0.2) is 0 Å². The van der Waals surface area contributed by atoms with Crippen molar-refractivity contribution in [2.45, 2.75) is 140 Å². The van der Waals surface area contributed by atoms with Crippen molar-refractivity contribution in [2.75, 3.05) is 26.3 Å². The van der Waals surface area contributed by atoms with Crippen molar-refractivity contribution in [1.29, 1.82) is 0 Å². The van der Waals surface area contributed by atoms with Gasteiger partial charge in [-0.1, -0.05) is 70.2 Å². The van der Waals surface area contributed by atoms with Crippen LogP contribution < -0.4 is 59.3 Å². The van der Waals surface area contributed by atoms with E-state index in [9.17, 15) is 87.9 Å². The van der Waals surface area contributed by atoms with Gasteiger partial charge in [-0.2, -0.15) is 0 Å². The lowest BCUT2D eigenvalue weighted by Crippen LogP contribution is -2.61. The number of carbonyl (C=O) groups is 13. The molecule has 456 valence electrons. The Labute approximate surface area is 477 Å². The summed E-state index contributed by atoms with van der Waals surface area (Å²) in [5.74, 6) is -14.9. The van der Waals surface area contributed by atoms with Crippen molar-refractivity contribution in [2.24, 2.45) is 23.3 Å². The van der Waals surface area contributed by atoms with E-state index in [4.69, 9.17) is 11.5 Å². The average molecular weight is 1170 g/mol. The molecule has 0 bridgehead atoms. The Bertz CT molecular complexity index is 2640. The largest absolute Gasteiger partial charge is 0.508 e. The van der Waals surface area contributed by atoms with E-state index in [-0.39, 0.29) is 31.6 Å². The number of amides is 11. The maximum absolute atomic E-state index is 13.9. The predicted molar refractivity (Wildman–Crippen MR) is 291 cm³/mol. The van der Waals surface area contributed by atoms with Gasteiger partial charge in [-0.05, 0) is 67.7 Å². The Kier molecular flexibility index (Phi) is 27.4. The van der Waals surface area contributed by atoms with Gasteiger partial charge in [-0.15, -0.1) is 0 Å². The number of carboxylic acid groups (broad SMARTS) is 2. The standard InChI is InChI=1S/C53H76N12O18/c1-26(2)42(51(80)56-23-40(70)58-36(24-66)48(77)59-33(17-18-41(71)72)46(75)57-28(5)44(73)61-35(53(82)83)21-29-10-7-6-8-11-29)63-47(76)34(22-39(55)69)60-49(78)37(25-67)62-50(79)38-12-9-19-65(38)52(81)43(27(3)4)64-45(74)32(54)20-30-13-15-31(68)16-14-30/h6-8,10-11,13-16,26-28,32-38,42-43,66-68H,9,12,17-25,54H2,1-5H3,(H2,55,69)(H,56,80)(H,57,75)(H,58,70)(H,59,77)(H,60,78)(H,61,73)(H,62,79)(H,63,76)(H,64,74)(H,71,72)(H,82,83)/t28-,32-,33-,34-,35-,36-,37-,38-,42-,43-/m0/s1. The lowest BCUT2D eigenvalue weighted by molar-refractivity contribution is -0.143. The van der Waals surface area contributed by atoms with Crippen LogP contribution in [-0.2, 0) is 75.2 Å². The van der Waals surface area contributed by atoms with Crippen LogP contribution in [0.25, 0.3) is 0 Å². The number of carbonyl (C=O) groups excluding carboxylic acids is 11. The van der Waals surface area contributed by atoms with E-state index in [1.807, 2.05) is 0 Å². The van der Waals surface area contributed by atoms with Gasteiger partial charge in [0.25, 0.3) is 0 Å². The number of nitrogens with zero attached hydrogens (tertiary/aromatic N) is 1. The lowest BCUT2D eigenvalue weighted by Gasteiger charge is -2.31. The molecule has 0 radical (unpaired) electrons. The van der Waals surface area contributed by atoms with Crippen molar-refractivity contribution in [3.05, 3.63) is 65.7 Å². The summed E-state index contributed by atoms with van der Waals surface area (Å²) < 4.78 is 0. The second kappa shape index (κ2) is 33.2. The first-order valence-electron chi connectivity index (χ1n) is 26.6. The molecule has 0 spiro atoms. The summed E-state index contributed by atoms with van der Waals surface area (Å²) in [5.41, 5.74) is 12.8. The number of phenolic OH excluding ortho intramolecular Hbond substituents is 1. The highest BCUT2D eigenvalue weighted by atomic mass is 16.4. The van der Waals surface area contributed by atoms with Crippen LogP contribution in [0.1, 0.15) is 77.8 Å². The zero-order valence-electron chi connectivity index (χ0n) is 46.5. The minimum atomic E-state index is -1.82. The van der Waals surface area contributed by atoms with E-state index in [1.54, 1.807) is 56.3 Å². The number of aromatic hydroxyl groups is 1. The molecule has 1 heterocycles. The van der Waals surface area contributed by atoms with Gasteiger partial charge >= 0.3 is 11.9 Å². The molecule has 0 saturated carbocycles. The molecule has 0 aromatic heterocycles. The number of likely N-dealkylation sites (tertiary alicyclic amines) is 1. The number of hydrogen-bond donors (Lipinski definition) is 16. The van der Waals surface area contributed by atoms with Crippen LogP contribution in [0.5, 0.6) is 5.75 Å². The summed E-state index contributed by atoms with van der Waals surface area (Å²) in [4.78, 5) is 171. The minimum absolute atomic E-state index is 0.0199. The quantitative estimate of drug-likeness (QED) is 0.0317. The summed E-state index contributed by atoms with van der Waals surface area (Å²) in [6.45, 7) is 4.55. The highest BCUT2D eigenvalue weighted by molar-refractivity contribution is 5.99. The summed E-state index contributed by atoms with van der Waals surface area (Å²) in [6.07, 6.45) is -1.63. The highest BCUT2D eigenvalue weighted by Crippen LogP contribution is 2.21. The lowest BCUT2D eigenvalue weighted by atomic mass is 10.00. The normalized spacial score (nSPS) is 16.2. The molecule has 11 amide bonds. The fraction of sp³-hybridized carbons (Fsp3) is 0.528. The molecular formula is C53H76N12O18. The smallest absolute Gasteiger partial charge is 0.326 e. The van der Waals surface area contributed by atoms with Crippen LogP contribution in [0.4, 0.5) is 0 Å². The molecule has 10 atom stereocenters. The number of aliphatic carboxylic acids is 2. The second-order valence-electron chi connectivity index (χ2n) is 20.4. The molecule has 1 fully saturated rings. The van der Waals surface area contributed by atoms with Crippen LogP contribution in [0, 0.1) is 11.8 Å². The first-order valence-corrected chi connectivity index (χ1v) is 26.6. The zero-order valence-corrected chi connectivity index (χ0v) is 46.5. The number of aliphatic hydroxyl groups is 2. The highest BCUT2D eigenvalue weighted by Gasteiger charge is 2.41. The molecule has 83 heavy (non-hydrogen) atoms. The maximum atomic E-state index is 13.9. The van der Waals surface area contributed by atoms with Crippen molar-refractivity contribution < 1.29 is 87.9 Å². The number of nitrogens with two attached hydrogens (primary N) is 2. The first kappa shape index (κ1) is 68.5. The first-order chi connectivity index (χ1) is 39.1. The summed E-state index contributed by atoms with van der Waals surface area (Å²) in [6, 6.07) is -0.389. The monoisotopic (exact) mass is 1170 g/mol. The molecular weight excluding hydrogens is 1090 g/mol. The van der Waals surface area contributed by atoms with Crippen molar-refractivity contribution >= 4 is 76.9 Å². The Balaban J connectivity index is 1.62. The van der Waals surface area contributed by atoms with E-state index in [1.165, 1.54) is 37.8 Å². The summed E-state index contributed by atoms with van der Waals surface area (Å²) in [5, 5.41) is 69.6.